The molecular formula is C16H25NO2. The van der Waals surface area contributed by atoms with Gasteiger partial charge in [0.15, 0.2) is 6.10 Å². The molecular weight excluding hydrogens is 238 g/mol. The molecule has 0 unspecified atom stereocenters. The first kappa shape index (κ1) is 15.5. The number of benzene rings is 1. The number of hydrogen-bond acceptors (Lipinski definition) is 2. The molecule has 0 aromatic heterocycles. The Bertz CT molecular complexity index is 386. The van der Waals surface area contributed by atoms with Gasteiger partial charge in [0.25, 0.3) is 5.91 Å². The minimum absolute atomic E-state index is 0.0241. The first-order chi connectivity index (χ1) is 9.06. The Kier molecular flexibility index (Phi) is 6.40. The molecule has 1 rings (SSSR count). The minimum Gasteiger partial charge on any atom is -0.481 e. The summed E-state index contributed by atoms with van der Waals surface area (Å²) in [6.07, 6.45) is 2.31. The van der Waals surface area contributed by atoms with Crippen LogP contribution in [-0.4, -0.2) is 18.1 Å². The van der Waals surface area contributed by atoms with Gasteiger partial charge in [-0.1, -0.05) is 38.0 Å². The maximum atomic E-state index is 12.1. The molecule has 2 atom stereocenters. The van der Waals surface area contributed by atoms with Crippen molar-refractivity contribution in [3.8, 4) is 5.75 Å². The van der Waals surface area contributed by atoms with Gasteiger partial charge >= 0.3 is 0 Å². The Morgan fingerprint density at radius 2 is 1.89 bits per heavy atom. The van der Waals surface area contributed by atoms with E-state index in [1.54, 1.807) is 0 Å². The summed E-state index contributed by atoms with van der Waals surface area (Å²) in [6.45, 7) is 8.13. The van der Waals surface area contributed by atoms with Crippen molar-refractivity contribution in [3.05, 3.63) is 29.8 Å². The van der Waals surface area contributed by atoms with Gasteiger partial charge in [-0.3, -0.25) is 4.79 Å². The summed E-state index contributed by atoms with van der Waals surface area (Å²) in [7, 11) is 0. The fraction of sp³-hybridized carbons (Fsp3) is 0.562. The highest BCUT2D eigenvalue weighted by Gasteiger charge is 2.19. The van der Waals surface area contributed by atoms with E-state index < -0.39 is 6.10 Å². The summed E-state index contributed by atoms with van der Waals surface area (Å²) in [5.74, 6) is 0.722. The Labute approximate surface area is 116 Å². The van der Waals surface area contributed by atoms with E-state index in [0.717, 1.165) is 18.6 Å². The van der Waals surface area contributed by atoms with Crippen LogP contribution in [0.4, 0.5) is 0 Å². The van der Waals surface area contributed by atoms with Crippen LogP contribution in [0.2, 0.25) is 0 Å². The molecule has 19 heavy (non-hydrogen) atoms. The molecule has 3 nitrogen and oxygen atoms in total. The van der Waals surface area contributed by atoms with Crippen LogP contribution < -0.4 is 10.1 Å². The molecule has 0 heterocycles. The van der Waals surface area contributed by atoms with Gasteiger partial charge in [0, 0.05) is 6.04 Å². The first-order valence-corrected chi connectivity index (χ1v) is 7.10. The van der Waals surface area contributed by atoms with Crippen molar-refractivity contribution in [2.24, 2.45) is 0 Å². The van der Waals surface area contributed by atoms with Crippen molar-refractivity contribution >= 4 is 5.91 Å². The number of rotatable bonds is 7. The van der Waals surface area contributed by atoms with Crippen molar-refractivity contribution in [2.45, 2.75) is 59.1 Å². The predicted octanol–water partition coefficient (Wildman–Crippen LogP) is 3.46. The zero-order valence-corrected chi connectivity index (χ0v) is 12.4. The third-order valence-corrected chi connectivity index (χ3v) is 3.07. The van der Waals surface area contributed by atoms with Crippen LogP contribution in [0.15, 0.2) is 24.3 Å². The maximum absolute atomic E-state index is 12.1. The van der Waals surface area contributed by atoms with Crippen molar-refractivity contribution in [3.63, 3.8) is 0 Å². The molecule has 0 spiro atoms. The third-order valence-electron chi connectivity index (χ3n) is 3.07. The van der Waals surface area contributed by atoms with Crippen molar-refractivity contribution < 1.29 is 9.53 Å². The van der Waals surface area contributed by atoms with Crippen molar-refractivity contribution in [1.29, 1.82) is 0 Å². The summed E-state index contributed by atoms with van der Waals surface area (Å²) in [5, 5.41) is 3.00. The highest BCUT2D eigenvalue weighted by molar-refractivity contribution is 5.81. The lowest BCUT2D eigenvalue weighted by molar-refractivity contribution is -0.128. The van der Waals surface area contributed by atoms with E-state index in [9.17, 15) is 4.79 Å². The number of amides is 1. The highest BCUT2D eigenvalue weighted by Crippen LogP contribution is 2.14. The van der Waals surface area contributed by atoms with Gasteiger partial charge < -0.3 is 10.1 Å². The van der Waals surface area contributed by atoms with Gasteiger partial charge in [0.05, 0.1) is 0 Å². The van der Waals surface area contributed by atoms with Crippen LogP contribution >= 0.6 is 0 Å². The lowest BCUT2D eigenvalue weighted by Gasteiger charge is -2.20. The fourth-order valence-electron chi connectivity index (χ4n) is 1.94. The number of aryl methyl sites for hydroxylation is 1. The molecule has 1 aromatic rings. The molecule has 1 N–H and O–H groups in total. The standard InChI is InChI=1S/C16H25NO2/c1-5-7-13(4)17-16(18)15(6-2)19-14-10-8-12(3)9-11-14/h8-11,13,15H,5-7H2,1-4H3,(H,17,18)/t13-,15-/m0/s1. The number of nitrogens with one attached hydrogen (secondary N) is 1. The van der Waals surface area contributed by atoms with Gasteiger partial charge in [-0.2, -0.15) is 0 Å². The van der Waals surface area contributed by atoms with E-state index >= 15 is 0 Å². The zero-order valence-electron chi connectivity index (χ0n) is 12.4. The average Bonchev–Trinajstić information content (AvgIpc) is 2.38. The Balaban J connectivity index is 2.57. The van der Waals surface area contributed by atoms with Crippen molar-refractivity contribution in [1.82, 2.24) is 5.32 Å². The lowest BCUT2D eigenvalue weighted by Crippen LogP contribution is -2.42. The summed E-state index contributed by atoms with van der Waals surface area (Å²) >= 11 is 0. The average molecular weight is 263 g/mol. The summed E-state index contributed by atoms with van der Waals surface area (Å²) < 4.78 is 5.75. The van der Waals surface area contributed by atoms with Gasteiger partial charge in [-0.15, -0.1) is 0 Å². The molecule has 0 bridgehead atoms. The molecule has 3 heteroatoms. The molecule has 106 valence electrons. The van der Waals surface area contributed by atoms with Gasteiger partial charge in [0.2, 0.25) is 0 Å². The fourth-order valence-corrected chi connectivity index (χ4v) is 1.94. The molecule has 1 amide bonds. The Morgan fingerprint density at radius 3 is 2.42 bits per heavy atom. The van der Waals surface area contributed by atoms with Crippen LogP contribution in [-0.2, 0) is 4.79 Å². The summed E-state index contributed by atoms with van der Waals surface area (Å²) in [5.41, 5.74) is 1.18. The van der Waals surface area contributed by atoms with E-state index in [-0.39, 0.29) is 11.9 Å². The second kappa shape index (κ2) is 7.82. The second-order valence-corrected chi connectivity index (χ2v) is 5.03. The minimum atomic E-state index is -0.415. The Hall–Kier alpha value is -1.51. The number of carbonyl (C=O) groups is 1. The van der Waals surface area contributed by atoms with Gasteiger partial charge in [-0.25, -0.2) is 0 Å². The number of hydrogen-bond donors (Lipinski definition) is 1. The van der Waals surface area contributed by atoms with E-state index in [0.29, 0.717) is 6.42 Å². The third kappa shape index (κ3) is 5.33. The summed E-state index contributed by atoms with van der Waals surface area (Å²) in [4.78, 5) is 12.1. The van der Waals surface area contributed by atoms with Crippen LogP contribution in [0.3, 0.4) is 0 Å². The van der Waals surface area contributed by atoms with E-state index in [1.807, 2.05) is 45.0 Å². The van der Waals surface area contributed by atoms with Crippen molar-refractivity contribution in [2.75, 3.05) is 0 Å². The maximum Gasteiger partial charge on any atom is 0.261 e. The molecule has 0 radical (unpaired) electrons. The second-order valence-electron chi connectivity index (χ2n) is 5.03. The molecule has 0 aliphatic carbocycles. The largest absolute Gasteiger partial charge is 0.481 e. The van der Waals surface area contributed by atoms with Crippen LogP contribution in [0.25, 0.3) is 0 Å². The molecule has 1 aromatic carbocycles. The first-order valence-electron chi connectivity index (χ1n) is 7.10. The number of carbonyl (C=O) groups excluding carboxylic acids is 1. The molecule has 0 saturated heterocycles. The van der Waals surface area contributed by atoms with E-state index in [2.05, 4.69) is 12.2 Å². The van der Waals surface area contributed by atoms with Gasteiger partial charge in [-0.05, 0) is 38.8 Å². The quantitative estimate of drug-likeness (QED) is 0.818. The van der Waals surface area contributed by atoms with Crippen LogP contribution in [0.5, 0.6) is 5.75 Å². The lowest BCUT2D eigenvalue weighted by atomic mass is 10.1. The molecule has 0 saturated carbocycles. The SMILES string of the molecule is CCC[C@H](C)NC(=O)[C@H](CC)Oc1ccc(C)cc1. The Morgan fingerprint density at radius 1 is 1.26 bits per heavy atom. The normalized spacial score (nSPS) is 13.7. The number of ether oxygens (including phenoxy) is 1. The van der Waals surface area contributed by atoms with Crippen LogP contribution in [0.1, 0.15) is 45.6 Å². The summed E-state index contributed by atoms with van der Waals surface area (Å²) in [6, 6.07) is 7.98. The zero-order chi connectivity index (χ0) is 14.3. The monoisotopic (exact) mass is 263 g/mol. The molecule has 0 aliphatic heterocycles. The van der Waals surface area contributed by atoms with Gasteiger partial charge in [0.1, 0.15) is 5.75 Å². The smallest absolute Gasteiger partial charge is 0.261 e. The predicted molar refractivity (Wildman–Crippen MR) is 78.4 cm³/mol. The topological polar surface area (TPSA) is 38.3 Å². The van der Waals surface area contributed by atoms with E-state index in [4.69, 9.17) is 4.74 Å². The molecule has 0 fully saturated rings. The van der Waals surface area contributed by atoms with E-state index in [1.165, 1.54) is 5.56 Å². The van der Waals surface area contributed by atoms with Crippen LogP contribution in [0, 0.1) is 6.92 Å². The highest BCUT2D eigenvalue weighted by atomic mass is 16.5. The molecule has 0 aliphatic rings.